The Hall–Kier alpha value is -1.11. The highest BCUT2D eigenvalue weighted by molar-refractivity contribution is 7.81. The summed E-state index contributed by atoms with van der Waals surface area (Å²) in [5, 5.41) is 0. The molecule has 0 aliphatic heterocycles. The van der Waals surface area contributed by atoms with Crippen molar-refractivity contribution in [3.63, 3.8) is 0 Å². The minimum Gasteiger partial charge on any atom is -1.00 e. The molecule has 0 saturated heterocycles. The van der Waals surface area contributed by atoms with Gasteiger partial charge in [-0.3, -0.25) is 9.04 Å². The topological polar surface area (TPSA) is 99.1 Å². The fourth-order valence-corrected chi connectivity index (χ4v) is 7.51. The van der Waals surface area contributed by atoms with Crippen LogP contribution in [0.1, 0.15) is 76.8 Å². The Morgan fingerprint density at radius 3 is 2.44 bits per heavy atom. The molecule has 3 aliphatic rings. The quantitative estimate of drug-likeness (QED) is 0.153. The molecule has 2 saturated carbocycles. The van der Waals surface area contributed by atoms with Crippen molar-refractivity contribution in [3.05, 3.63) is 29.3 Å². The number of aryl methyl sites for hydroxylation is 1. The van der Waals surface area contributed by atoms with Gasteiger partial charge in [0, 0.05) is 5.41 Å². The number of halogens is 1. The van der Waals surface area contributed by atoms with Gasteiger partial charge in [0.15, 0.2) is 0 Å². The summed E-state index contributed by atoms with van der Waals surface area (Å²) in [5.74, 6) is 1.52. The molecule has 0 unspecified atom stereocenters. The average Bonchev–Trinajstić information content (AvgIpc) is 3.15. The van der Waals surface area contributed by atoms with Gasteiger partial charge in [0.2, 0.25) is 6.73 Å². The molecule has 3 aliphatic carbocycles. The molecule has 8 nitrogen and oxygen atoms in total. The first-order valence-electron chi connectivity index (χ1n) is 13.0. The summed E-state index contributed by atoms with van der Waals surface area (Å²) < 4.78 is 48.1. The Kier molecular flexibility index (Phi) is 9.27. The molecule has 0 radical (unpaired) electrons. The van der Waals surface area contributed by atoms with E-state index in [1.54, 1.807) is 12.1 Å². The molecule has 5 atom stereocenters. The highest BCUT2D eigenvalue weighted by Gasteiger charge is 2.56. The van der Waals surface area contributed by atoms with E-state index in [0.717, 1.165) is 68.2 Å². The van der Waals surface area contributed by atoms with Crippen LogP contribution in [0.3, 0.4) is 0 Å². The molecule has 0 aromatic heterocycles. The second-order valence-corrected chi connectivity index (χ2v) is 11.9. The normalized spacial score (nSPS) is 29.2. The summed E-state index contributed by atoms with van der Waals surface area (Å²) in [5.41, 5.74) is 2.29. The molecular formula is C26H40INO7S. The third-order valence-corrected chi connectivity index (χ3v) is 9.92. The van der Waals surface area contributed by atoms with Crippen molar-refractivity contribution < 1.29 is 59.9 Å². The molecule has 36 heavy (non-hydrogen) atoms. The van der Waals surface area contributed by atoms with E-state index in [2.05, 4.69) is 31.9 Å². The fraction of sp³-hybridized carbons (Fsp3) is 0.731. The highest BCUT2D eigenvalue weighted by Crippen LogP contribution is 2.61. The average molecular weight is 638 g/mol. The van der Waals surface area contributed by atoms with Crippen LogP contribution < -0.4 is 28.2 Å². The van der Waals surface area contributed by atoms with E-state index < -0.39 is 16.6 Å². The molecule has 4 rings (SSSR count). The Balaban J connectivity index is 0.00000361. The van der Waals surface area contributed by atoms with Gasteiger partial charge in [-0.2, -0.15) is 8.42 Å². The van der Waals surface area contributed by atoms with Crippen LogP contribution in [0.25, 0.3) is 0 Å². The second kappa shape index (κ2) is 11.3. The van der Waals surface area contributed by atoms with Gasteiger partial charge in [-0.15, -0.1) is 0 Å². The zero-order valence-corrected chi connectivity index (χ0v) is 24.7. The lowest BCUT2D eigenvalue weighted by atomic mass is 9.55. The molecule has 204 valence electrons. The van der Waals surface area contributed by atoms with Crippen molar-refractivity contribution >= 4 is 16.6 Å². The number of benzene rings is 1. The molecular weight excluding hydrogens is 597 g/mol. The van der Waals surface area contributed by atoms with E-state index in [-0.39, 0.29) is 41.2 Å². The molecule has 0 amide bonds. The molecule has 1 N–H and O–H groups in total. The van der Waals surface area contributed by atoms with Gasteiger partial charge < -0.3 is 37.6 Å². The lowest BCUT2D eigenvalue weighted by Gasteiger charge is -2.50. The van der Waals surface area contributed by atoms with Gasteiger partial charge in [-0.05, 0) is 100 Å². The largest absolute Gasteiger partial charge is 1.00 e. The number of hydrogen-bond acceptors (Lipinski definition) is 6. The van der Waals surface area contributed by atoms with E-state index in [0.29, 0.717) is 24.5 Å². The van der Waals surface area contributed by atoms with Crippen molar-refractivity contribution in [1.29, 1.82) is 0 Å². The van der Waals surface area contributed by atoms with Gasteiger partial charge in [-0.1, -0.05) is 13.0 Å². The maximum atomic E-state index is 12.7. The number of carbonyl (C=O) groups is 1. The first-order chi connectivity index (χ1) is 16.5. The molecule has 1 aromatic rings. The molecule has 0 heterocycles. The fourth-order valence-electron chi connectivity index (χ4n) is 7.16. The predicted octanol–water partition coefficient (Wildman–Crippen LogP) is 2.08. The van der Waals surface area contributed by atoms with E-state index >= 15 is 0 Å². The summed E-state index contributed by atoms with van der Waals surface area (Å²) in [4.78, 5) is 12.7. The number of nitrogens with zero attached hydrogens (tertiary/aromatic N) is 1. The van der Waals surface area contributed by atoms with Gasteiger partial charge in [0.05, 0.1) is 19.6 Å². The number of quaternary nitrogens is 1. The van der Waals surface area contributed by atoms with Crippen LogP contribution in [0.5, 0.6) is 5.75 Å². The second-order valence-electron chi connectivity index (χ2n) is 10.8. The summed E-state index contributed by atoms with van der Waals surface area (Å²) >= 11 is 0. The lowest BCUT2D eigenvalue weighted by molar-refractivity contribution is -0.939. The van der Waals surface area contributed by atoms with E-state index in [1.807, 2.05) is 6.07 Å². The Morgan fingerprint density at radius 1 is 1.11 bits per heavy atom. The van der Waals surface area contributed by atoms with Crippen molar-refractivity contribution in [3.8, 4) is 5.75 Å². The number of hydrogen-bond donors (Lipinski definition) is 1. The van der Waals surface area contributed by atoms with Gasteiger partial charge in [0.1, 0.15) is 11.9 Å². The van der Waals surface area contributed by atoms with Crippen LogP contribution >= 0.6 is 0 Å². The smallest absolute Gasteiger partial charge is 0.512 e. The summed E-state index contributed by atoms with van der Waals surface area (Å²) in [6.07, 6.45) is 5.05. The zero-order valence-electron chi connectivity index (χ0n) is 21.7. The maximum absolute atomic E-state index is 12.7. The molecule has 10 heteroatoms. The van der Waals surface area contributed by atoms with Crippen molar-refractivity contribution in [1.82, 2.24) is 0 Å². The Morgan fingerprint density at radius 2 is 1.81 bits per heavy atom. The van der Waals surface area contributed by atoms with Crippen LogP contribution in [-0.4, -0.2) is 56.1 Å². The third-order valence-electron chi connectivity index (χ3n) is 9.52. The van der Waals surface area contributed by atoms with Crippen LogP contribution in [-0.2, 0) is 26.3 Å². The number of fused-ring (bicyclic) bond motifs is 5. The first kappa shape index (κ1) is 29.4. The van der Waals surface area contributed by atoms with Crippen molar-refractivity contribution in [2.45, 2.75) is 78.2 Å². The van der Waals surface area contributed by atoms with E-state index in [1.165, 1.54) is 5.56 Å². The lowest BCUT2D eigenvalue weighted by Crippen LogP contribution is -3.00. The zero-order chi connectivity index (χ0) is 25.4. The van der Waals surface area contributed by atoms with Crippen LogP contribution in [0.2, 0.25) is 0 Å². The van der Waals surface area contributed by atoms with Crippen LogP contribution in [0.4, 0.5) is 4.79 Å². The Bertz CT molecular complexity index is 1040. The maximum Gasteiger partial charge on any atom is 0.512 e. The number of rotatable bonds is 8. The van der Waals surface area contributed by atoms with E-state index in [9.17, 15) is 13.2 Å². The molecule has 2 fully saturated rings. The minimum absolute atomic E-state index is 0. The molecule has 0 spiro atoms. The standard InChI is InChI=1S/C26H39NO7S.HI/c1-5-27(6-2,7-3)17-32-25(28)33-24-13-12-23-22-10-8-18-16-19(34-35(29,30)31)9-11-20(18)21(22)14-15-26(23,24)4;/h9,11,16,21-24H,5-8,10,12-15,17H2,1-4H3;1H/t21-,22-,23+,24+,26+;/m1./s1. The van der Waals surface area contributed by atoms with Crippen molar-refractivity contribution in [2.24, 2.45) is 17.3 Å². The van der Waals surface area contributed by atoms with Crippen LogP contribution in [0, 0.1) is 17.3 Å². The summed E-state index contributed by atoms with van der Waals surface area (Å²) in [6.45, 7) is 11.7. The highest BCUT2D eigenvalue weighted by atomic mass is 127. The number of ether oxygens (including phenoxy) is 2. The predicted molar refractivity (Wildman–Crippen MR) is 131 cm³/mol. The van der Waals surface area contributed by atoms with Gasteiger partial charge in [0.25, 0.3) is 0 Å². The van der Waals surface area contributed by atoms with Crippen LogP contribution in [0.15, 0.2) is 18.2 Å². The van der Waals surface area contributed by atoms with Gasteiger partial charge in [-0.25, -0.2) is 4.79 Å². The SMILES string of the molecule is CC[N+](CC)(CC)COC(=O)O[C@H]1CC[C@H]2[C@@H]3CCc4cc(OS(=O)(=O)O)ccc4[C@H]3CC[C@]12C.[I-]. The minimum atomic E-state index is -4.53. The monoisotopic (exact) mass is 637 g/mol. The molecule has 0 bridgehead atoms. The molecule has 1 aromatic carbocycles. The Labute approximate surface area is 232 Å². The first-order valence-corrected chi connectivity index (χ1v) is 14.4. The third kappa shape index (κ3) is 5.81. The van der Waals surface area contributed by atoms with Gasteiger partial charge >= 0.3 is 16.6 Å². The number of carbonyl (C=O) groups excluding carboxylic acids is 1. The summed E-state index contributed by atoms with van der Waals surface area (Å²) in [6, 6.07) is 5.32. The summed E-state index contributed by atoms with van der Waals surface area (Å²) in [7, 11) is -4.53. The van der Waals surface area contributed by atoms with E-state index in [4.69, 9.17) is 14.0 Å². The van der Waals surface area contributed by atoms with Crippen molar-refractivity contribution in [2.75, 3.05) is 26.4 Å².